The molecule has 102 valence electrons. The molecule has 1 fully saturated rings. The van der Waals surface area contributed by atoms with Crippen LogP contribution in [0.25, 0.3) is 0 Å². The zero-order valence-corrected chi connectivity index (χ0v) is 10.5. The maximum Gasteiger partial charge on any atom is 0.326 e. The van der Waals surface area contributed by atoms with Crippen LogP contribution in [0.15, 0.2) is 18.2 Å². The molecule has 2 rings (SSSR count). The van der Waals surface area contributed by atoms with Crippen LogP contribution in [0.5, 0.6) is 0 Å². The zero-order valence-electron chi connectivity index (χ0n) is 10.5. The molecule has 1 aromatic rings. The molecule has 0 aliphatic carbocycles. The van der Waals surface area contributed by atoms with Crippen LogP contribution >= 0.6 is 0 Å². The Morgan fingerprint density at radius 1 is 1.42 bits per heavy atom. The first-order valence-electron chi connectivity index (χ1n) is 5.98. The van der Waals surface area contributed by atoms with Crippen molar-refractivity contribution in [1.82, 2.24) is 4.90 Å². The van der Waals surface area contributed by atoms with Crippen molar-refractivity contribution in [1.29, 1.82) is 0 Å². The Kier molecular flexibility index (Phi) is 3.44. The van der Waals surface area contributed by atoms with E-state index in [9.17, 15) is 14.7 Å². The summed E-state index contributed by atoms with van der Waals surface area (Å²) in [5.41, 5.74) is 7.21. The molecule has 6 nitrogen and oxygen atoms in total. The highest BCUT2D eigenvalue weighted by Gasteiger charge is 2.39. The second kappa shape index (κ2) is 4.89. The fourth-order valence-electron chi connectivity index (χ4n) is 2.28. The predicted octanol–water partition coefficient (Wildman–Crippen LogP) is 0.237. The number of aliphatic carboxylic acids is 1. The molecule has 19 heavy (non-hydrogen) atoms. The van der Waals surface area contributed by atoms with Crippen LogP contribution in [0.1, 0.15) is 22.3 Å². The van der Waals surface area contributed by atoms with Gasteiger partial charge in [0.25, 0.3) is 5.91 Å². The molecule has 1 aliphatic heterocycles. The van der Waals surface area contributed by atoms with Gasteiger partial charge in [-0.05, 0) is 19.1 Å². The Hall–Kier alpha value is -2.08. The first-order valence-corrected chi connectivity index (χ1v) is 5.98. The second-order valence-electron chi connectivity index (χ2n) is 4.79. The largest absolute Gasteiger partial charge is 0.480 e. The summed E-state index contributed by atoms with van der Waals surface area (Å²) in [6, 6.07) is 4.02. The van der Waals surface area contributed by atoms with Crippen LogP contribution in [-0.2, 0) is 4.79 Å². The second-order valence-corrected chi connectivity index (χ2v) is 4.79. The molecule has 0 spiro atoms. The van der Waals surface area contributed by atoms with Crippen LogP contribution in [0.3, 0.4) is 0 Å². The Morgan fingerprint density at radius 3 is 2.74 bits per heavy atom. The van der Waals surface area contributed by atoms with Gasteiger partial charge in [-0.1, -0.05) is 11.6 Å². The van der Waals surface area contributed by atoms with Gasteiger partial charge in [-0.2, -0.15) is 0 Å². The third-order valence-electron chi connectivity index (χ3n) is 3.26. The van der Waals surface area contributed by atoms with Crippen molar-refractivity contribution >= 4 is 17.6 Å². The number of aryl methyl sites for hydroxylation is 1. The Labute approximate surface area is 110 Å². The smallest absolute Gasteiger partial charge is 0.326 e. The summed E-state index contributed by atoms with van der Waals surface area (Å²) in [4.78, 5) is 24.6. The number of carbonyl (C=O) groups is 2. The maximum absolute atomic E-state index is 12.4. The number of carbonyl (C=O) groups excluding carboxylic acids is 1. The van der Waals surface area contributed by atoms with Crippen LogP contribution in [-0.4, -0.2) is 45.7 Å². The minimum Gasteiger partial charge on any atom is -0.480 e. The van der Waals surface area contributed by atoms with Gasteiger partial charge in [0.05, 0.1) is 11.7 Å². The molecule has 4 N–H and O–H groups in total. The monoisotopic (exact) mass is 264 g/mol. The van der Waals surface area contributed by atoms with Gasteiger partial charge in [0.1, 0.15) is 6.04 Å². The van der Waals surface area contributed by atoms with E-state index in [2.05, 4.69) is 0 Å². The SMILES string of the molecule is Cc1ccc(N)c(C(=O)N2CC(O)C[C@H]2C(=O)O)c1. The molecule has 2 atom stereocenters. The van der Waals surface area contributed by atoms with E-state index in [-0.39, 0.29) is 18.5 Å². The number of hydrogen-bond acceptors (Lipinski definition) is 4. The first kappa shape index (κ1) is 13.4. The number of anilines is 1. The van der Waals surface area contributed by atoms with E-state index >= 15 is 0 Å². The van der Waals surface area contributed by atoms with E-state index in [4.69, 9.17) is 10.8 Å². The van der Waals surface area contributed by atoms with Gasteiger partial charge >= 0.3 is 5.97 Å². The van der Waals surface area contributed by atoms with Gasteiger partial charge in [-0.25, -0.2) is 4.79 Å². The quantitative estimate of drug-likeness (QED) is 0.664. The molecule has 1 aromatic carbocycles. The summed E-state index contributed by atoms with van der Waals surface area (Å²) < 4.78 is 0. The third kappa shape index (κ3) is 2.53. The molecule has 0 bridgehead atoms. The molecule has 1 heterocycles. The van der Waals surface area contributed by atoms with E-state index in [0.717, 1.165) is 10.5 Å². The van der Waals surface area contributed by atoms with Crippen molar-refractivity contribution in [2.45, 2.75) is 25.5 Å². The number of hydrogen-bond donors (Lipinski definition) is 3. The van der Waals surface area contributed by atoms with E-state index in [0.29, 0.717) is 5.69 Å². The summed E-state index contributed by atoms with van der Waals surface area (Å²) in [6.07, 6.45) is -0.761. The number of nitrogens with two attached hydrogens (primary N) is 1. The first-order chi connectivity index (χ1) is 8.90. The van der Waals surface area contributed by atoms with Crippen molar-refractivity contribution in [3.8, 4) is 0 Å². The highest BCUT2D eigenvalue weighted by molar-refractivity contribution is 6.01. The molecule has 1 aliphatic rings. The standard InChI is InChI=1S/C13H16N2O4/c1-7-2-3-10(14)9(4-7)12(17)15-6-8(16)5-11(15)13(18)19/h2-4,8,11,16H,5-6,14H2,1H3,(H,18,19)/t8?,11-/m0/s1. The van der Waals surface area contributed by atoms with Gasteiger partial charge in [-0.3, -0.25) is 4.79 Å². The summed E-state index contributed by atoms with van der Waals surface area (Å²) in [5, 5.41) is 18.6. The van der Waals surface area contributed by atoms with E-state index in [1.54, 1.807) is 18.2 Å². The highest BCUT2D eigenvalue weighted by atomic mass is 16.4. The number of amides is 1. The number of β-amino-alcohol motifs (C(OH)–C–C–N with tert-alkyl or cyclic N) is 1. The highest BCUT2D eigenvalue weighted by Crippen LogP contribution is 2.23. The number of rotatable bonds is 2. The molecule has 6 heteroatoms. The van der Waals surface area contributed by atoms with Crippen molar-refractivity contribution < 1.29 is 19.8 Å². The van der Waals surface area contributed by atoms with Crippen LogP contribution in [0, 0.1) is 6.92 Å². The molecule has 0 aromatic heterocycles. The number of nitrogens with zero attached hydrogens (tertiary/aromatic N) is 1. The summed E-state index contributed by atoms with van der Waals surface area (Å²) in [6.45, 7) is 1.84. The number of carboxylic acids is 1. The average Bonchev–Trinajstić information content (AvgIpc) is 2.74. The lowest BCUT2D eigenvalue weighted by Crippen LogP contribution is -2.40. The number of aliphatic hydroxyl groups is 1. The predicted molar refractivity (Wildman–Crippen MR) is 68.7 cm³/mol. The van der Waals surface area contributed by atoms with Crippen molar-refractivity contribution in [3.63, 3.8) is 0 Å². The van der Waals surface area contributed by atoms with Gasteiger partial charge < -0.3 is 20.8 Å². The number of carboxylic acid groups (broad SMARTS) is 1. The third-order valence-corrected chi connectivity index (χ3v) is 3.26. The normalized spacial score (nSPS) is 22.5. The fourth-order valence-corrected chi connectivity index (χ4v) is 2.28. The van der Waals surface area contributed by atoms with Crippen molar-refractivity contribution in [2.24, 2.45) is 0 Å². The van der Waals surface area contributed by atoms with Crippen molar-refractivity contribution in [3.05, 3.63) is 29.3 Å². The molecule has 1 amide bonds. The Morgan fingerprint density at radius 2 is 2.11 bits per heavy atom. The number of nitrogen functional groups attached to an aromatic ring is 1. The van der Waals surface area contributed by atoms with Crippen LogP contribution in [0.4, 0.5) is 5.69 Å². The van der Waals surface area contributed by atoms with Gasteiger partial charge in [0, 0.05) is 18.7 Å². The van der Waals surface area contributed by atoms with E-state index < -0.39 is 24.0 Å². The van der Waals surface area contributed by atoms with E-state index in [1.807, 2.05) is 6.92 Å². The maximum atomic E-state index is 12.4. The van der Waals surface area contributed by atoms with Crippen LogP contribution < -0.4 is 5.73 Å². The minimum atomic E-state index is -1.11. The number of aliphatic hydroxyl groups excluding tert-OH is 1. The molecular formula is C13H16N2O4. The average molecular weight is 264 g/mol. The van der Waals surface area contributed by atoms with E-state index in [1.165, 1.54) is 0 Å². The van der Waals surface area contributed by atoms with Gasteiger partial charge in [0.2, 0.25) is 0 Å². The van der Waals surface area contributed by atoms with Crippen molar-refractivity contribution in [2.75, 3.05) is 12.3 Å². The lowest BCUT2D eigenvalue weighted by Gasteiger charge is -2.22. The lowest BCUT2D eigenvalue weighted by molar-refractivity contribution is -0.141. The molecule has 1 saturated heterocycles. The molecule has 1 unspecified atom stereocenters. The minimum absolute atomic E-state index is 0.0170. The lowest BCUT2D eigenvalue weighted by atomic mass is 10.1. The number of benzene rings is 1. The number of likely N-dealkylation sites (tertiary alicyclic amines) is 1. The summed E-state index contributed by atoms with van der Waals surface area (Å²) in [5.74, 6) is -1.57. The fraction of sp³-hybridized carbons (Fsp3) is 0.385. The zero-order chi connectivity index (χ0) is 14.2. The Balaban J connectivity index is 2.33. The molecule has 0 saturated carbocycles. The summed E-state index contributed by atoms with van der Waals surface area (Å²) in [7, 11) is 0. The van der Waals surface area contributed by atoms with Gasteiger partial charge in [0.15, 0.2) is 0 Å². The molecule has 0 radical (unpaired) electrons. The topological polar surface area (TPSA) is 104 Å². The summed E-state index contributed by atoms with van der Waals surface area (Å²) >= 11 is 0. The molecular weight excluding hydrogens is 248 g/mol. The van der Waals surface area contributed by atoms with Crippen LogP contribution in [0.2, 0.25) is 0 Å². The Bertz CT molecular complexity index is 529. The van der Waals surface area contributed by atoms with Gasteiger partial charge in [-0.15, -0.1) is 0 Å².